The first-order valence-corrected chi connectivity index (χ1v) is 5.25. The van der Waals surface area contributed by atoms with E-state index in [-0.39, 0.29) is 5.91 Å². The number of thioether (sulfide) groups is 1. The number of amides is 1. The predicted molar refractivity (Wildman–Crippen MR) is 61.7 cm³/mol. The molecule has 2 heterocycles. The third-order valence-electron chi connectivity index (χ3n) is 1.90. The monoisotopic (exact) mass is 224 g/mol. The van der Waals surface area contributed by atoms with Crippen LogP contribution in [0.4, 0.5) is 0 Å². The molecule has 1 aliphatic rings. The highest BCUT2D eigenvalue weighted by atomic mass is 32.2. The number of rotatable bonds is 1. The van der Waals surface area contributed by atoms with Gasteiger partial charge in [0.05, 0.1) is 4.91 Å². The van der Waals surface area contributed by atoms with Gasteiger partial charge in [-0.15, -0.1) is 0 Å². The van der Waals surface area contributed by atoms with Crippen molar-refractivity contribution in [1.29, 1.82) is 0 Å². The van der Waals surface area contributed by atoms with Crippen molar-refractivity contribution in [2.24, 2.45) is 7.05 Å². The van der Waals surface area contributed by atoms with Gasteiger partial charge >= 0.3 is 0 Å². The molecule has 0 atom stereocenters. The average molecular weight is 224 g/mol. The van der Waals surface area contributed by atoms with E-state index in [1.165, 1.54) is 11.8 Å². The van der Waals surface area contributed by atoms with E-state index >= 15 is 0 Å². The summed E-state index contributed by atoms with van der Waals surface area (Å²) in [6.45, 7) is 0. The number of aryl methyl sites for hydroxylation is 1. The van der Waals surface area contributed by atoms with Crippen LogP contribution in [0, 0.1) is 0 Å². The molecule has 0 bridgehead atoms. The molecule has 1 aromatic rings. The number of hydrogen-bond donors (Lipinski definition) is 1. The Bertz CT molecular complexity index is 434. The smallest absolute Gasteiger partial charge is 0.263 e. The van der Waals surface area contributed by atoms with Gasteiger partial charge in [0.15, 0.2) is 0 Å². The molecule has 2 rings (SSSR count). The highest BCUT2D eigenvalue weighted by molar-refractivity contribution is 8.26. The summed E-state index contributed by atoms with van der Waals surface area (Å²) < 4.78 is 2.47. The van der Waals surface area contributed by atoms with Gasteiger partial charge in [0.2, 0.25) is 0 Å². The SMILES string of the molecule is Cn1cccc1/C=C1\SC(=S)NC1=O. The van der Waals surface area contributed by atoms with Crippen LogP contribution in [-0.4, -0.2) is 14.8 Å². The molecule has 5 heteroatoms. The molecule has 0 unspecified atom stereocenters. The molecule has 0 spiro atoms. The molecule has 1 aromatic heterocycles. The lowest BCUT2D eigenvalue weighted by Gasteiger charge is -1.96. The van der Waals surface area contributed by atoms with Crippen LogP contribution in [0.5, 0.6) is 0 Å². The molecule has 1 fully saturated rings. The summed E-state index contributed by atoms with van der Waals surface area (Å²) in [6.07, 6.45) is 3.77. The number of nitrogens with zero attached hydrogens (tertiary/aromatic N) is 1. The number of carbonyl (C=O) groups is 1. The molecule has 1 amide bonds. The lowest BCUT2D eigenvalue weighted by Crippen LogP contribution is -2.17. The topological polar surface area (TPSA) is 34.0 Å². The lowest BCUT2D eigenvalue weighted by atomic mass is 10.3. The first kappa shape index (κ1) is 9.48. The quantitative estimate of drug-likeness (QED) is 0.580. The van der Waals surface area contributed by atoms with E-state index in [0.29, 0.717) is 9.23 Å². The highest BCUT2D eigenvalue weighted by Crippen LogP contribution is 2.25. The van der Waals surface area contributed by atoms with Gasteiger partial charge in [-0.05, 0) is 18.2 Å². The summed E-state index contributed by atoms with van der Waals surface area (Å²) >= 11 is 6.18. The first-order valence-electron chi connectivity index (χ1n) is 4.03. The minimum absolute atomic E-state index is 0.110. The zero-order valence-electron chi connectivity index (χ0n) is 7.48. The highest BCUT2D eigenvalue weighted by Gasteiger charge is 2.22. The molecule has 72 valence electrons. The Balaban J connectivity index is 2.32. The van der Waals surface area contributed by atoms with Crippen molar-refractivity contribution in [3.8, 4) is 0 Å². The minimum atomic E-state index is -0.110. The molecule has 0 aliphatic carbocycles. The number of nitrogens with one attached hydrogen (secondary N) is 1. The van der Waals surface area contributed by atoms with Gasteiger partial charge in [-0.1, -0.05) is 24.0 Å². The van der Waals surface area contributed by atoms with Gasteiger partial charge in [0.25, 0.3) is 5.91 Å². The maximum atomic E-state index is 11.3. The maximum Gasteiger partial charge on any atom is 0.263 e. The van der Waals surface area contributed by atoms with Gasteiger partial charge in [0.1, 0.15) is 4.32 Å². The van der Waals surface area contributed by atoms with E-state index < -0.39 is 0 Å². The molecule has 1 N–H and O–H groups in total. The molecule has 0 aromatic carbocycles. The molecular weight excluding hydrogens is 216 g/mol. The van der Waals surface area contributed by atoms with Crippen LogP contribution in [0.3, 0.4) is 0 Å². The average Bonchev–Trinajstić information content (AvgIpc) is 2.62. The summed E-state index contributed by atoms with van der Waals surface area (Å²) in [4.78, 5) is 12.0. The summed E-state index contributed by atoms with van der Waals surface area (Å²) in [5.41, 5.74) is 0.993. The lowest BCUT2D eigenvalue weighted by molar-refractivity contribution is -0.115. The second-order valence-corrected chi connectivity index (χ2v) is 4.62. The number of hydrogen-bond acceptors (Lipinski definition) is 3. The Labute approximate surface area is 91.2 Å². The van der Waals surface area contributed by atoms with Gasteiger partial charge < -0.3 is 9.88 Å². The normalized spacial score (nSPS) is 19.1. The Hall–Kier alpha value is -1.07. The molecular formula is C9H8N2OS2. The third-order valence-corrected chi connectivity index (χ3v) is 3.07. The van der Waals surface area contributed by atoms with Gasteiger partial charge in [-0.2, -0.15) is 0 Å². The van der Waals surface area contributed by atoms with Crippen molar-refractivity contribution in [3.05, 3.63) is 28.9 Å². The zero-order chi connectivity index (χ0) is 10.1. The van der Waals surface area contributed by atoms with Crippen molar-refractivity contribution in [2.75, 3.05) is 0 Å². The van der Waals surface area contributed by atoms with E-state index in [9.17, 15) is 4.79 Å². The second-order valence-electron chi connectivity index (χ2n) is 2.90. The number of aromatic nitrogens is 1. The third kappa shape index (κ3) is 1.73. The number of carbonyl (C=O) groups excluding carboxylic acids is 1. The summed E-state index contributed by atoms with van der Waals surface area (Å²) in [5, 5.41) is 2.58. The van der Waals surface area contributed by atoms with Crippen molar-refractivity contribution >= 4 is 40.3 Å². The van der Waals surface area contributed by atoms with E-state index in [4.69, 9.17) is 12.2 Å². The Morgan fingerprint density at radius 2 is 2.43 bits per heavy atom. The van der Waals surface area contributed by atoms with Crippen LogP contribution in [-0.2, 0) is 11.8 Å². The fraction of sp³-hybridized carbons (Fsp3) is 0.111. The van der Waals surface area contributed by atoms with Gasteiger partial charge in [-0.3, -0.25) is 4.79 Å². The fourth-order valence-corrected chi connectivity index (χ4v) is 2.21. The summed E-state index contributed by atoms with van der Waals surface area (Å²) in [6, 6.07) is 3.88. The van der Waals surface area contributed by atoms with E-state index in [0.717, 1.165) is 5.69 Å². The molecule has 0 radical (unpaired) electrons. The largest absolute Gasteiger partial charge is 0.351 e. The van der Waals surface area contributed by atoms with E-state index in [1.54, 1.807) is 0 Å². The number of thiocarbonyl (C=S) groups is 1. The van der Waals surface area contributed by atoms with Crippen LogP contribution in [0.15, 0.2) is 23.2 Å². The summed E-state index contributed by atoms with van der Waals surface area (Å²) in [7, 11) is 1.93. The van der Waals surface area contributed by atoms with Crippen LogP contribution in [0.1, 0.15) is 5.69 Å². The molecule has 1 saturated heterocycles. The van der Waals surface area contributed by atoms with Gasteiger partial charge in [-0.25, -0.2) is 0 Å². The maximum absolute atomic E-state index is 11.3. The van der Waals surface area contributed by atoms with Crippen molar-refractivity contribution in [2.45, 2.75) is 0 Å². The van der Waals surface area contributed by atoms with Gasteiger partial charge in [0, 0.05) is 18.9 Å². The van der Waals surface area contributed by atoms with Crippen molar-refractivity contribution in [3.63, 3.8) is 0 Å². The van der Waals surface area contributed by atoms with Crippen LogP contribution in [0.2, 0.25) is 0 Å². The molecule has 0 saturated carbocycles. The molecule has 14 heavy (non-hydrogen) atoms. The molecule has 3 nitrogen and oxygen atoms in total. The Morgan fingerprint density at radius 1 is 1.64 bits per heavy atom. The molecule has 1 aliphatic heterocycles. The van der Waals surface area contributed by atoms with Crippen LogP contribution in [0.25, 0.3) is 6.08 Å². The van der Waals surface area contributed by atoms with Crippen molar-refractivity contribution < 1.29 is 4.79 Å². The fourth-order valence-electron chi connectivity index (χ4n) is 1.18. The second kappa shape index (κ2) is 3.59. The van der Waals surface area contributed by atoms with Crippen LogP contribution < -0.4 is 5.32 Å². The Kier molecular flexibility index (Phi) is 2.43. The van der Waals surface area contributed by atoms with E-state index in [1.807, 2.05) is 36.0 Å². The zero-order valence-corrected chi connectivity index (χ0v) is 9.11. The minimum Gasteiger partial charge on any atom is -0.351 e. The van der Waals surface area contributed by atoms with Crippen molar-refractivity contribution in [1.82, 2.24) is 9.88 Å². The van der Waals surface area contributed by atoms with E-state index in [2.05, 4.69) is 5.32 Å². The standard InChI is InChI=1S/C9H8N2OS2/c1-11-4-2-3-6(11)5-7-8(12)10-9(13)14-7/h2-5H,1H3,(H,10,12,13)/b7-5-. The first-order chi connectivity index (χ1) is 6.66. The predicted octanol–water partition coefficient (Wildman–Crippen LogP) is 1.51. The Morgan fingerprint density at radius 3 is 2.93 bits per heavy atom. The van der Waals surface area contributed by atoms with Crippen LogP contribution >= 0.6 is 24.0 Å². The summed E-state index contributed by atoms with van der Waals surface area (Å²) in [5.74, 6) is -0.110.